The van der Waals surface area contributed by atoms with Crippen LogP contribution in [0.25, 0.3) is 16.6 Å². The molecule has 4 heterocycles. The highest BCUT2D eigenvalue weighted by Crippen LogP contribution is 2.22. The van der Waals surface area contributed by atoms with Gasteiger partial charge in [0, 0.05) is 48.9 Å². The lowest BCUT2D eigenvalue weighted by molar-refractivity contribution is -0.0635. The number of ether oxygens (including phenoxy) is 1. The molecule has 3 aromatic rings. The van der Waals surface area contributed by atoms with Crippen LogP contribution in [0.2, 0.25) is 0 Å². The summed E-state index contributed by atoms with van der Waals surface area (Å²) in [4.78, 5) is 16.1. The predicted molar refractivity (Wildman–Crippen MR) is 141 cm³/mol. The summed E-state index contributed by atoms with van der Waals surface area (Å²) in [5, 5.41) is 11.5. The molecule has 0 unspecified atom stereocenters. The summed E-state index contributed by atoms with van der Waals surface area (Å²) in [6.45, 7) is 11.8. The Hall–Kier alpha value is -3.43. The lowest BCUT2D eigenvalue weighted by atomic mass is 10.1. The summed E-state index contributed by atoms with van der Waals surface area (Å²) in [5.41, 5.74) is 10.2. The average molecular weight is 475 g/mol. The average Bonchev–Trinajstić information content (AvgIpc) is 2.82. The van der Waals surface area contributed by atoms with Crippen LogP contribution in [0.4, 0.5) is 11.6 Å². The molecule has 0 radical (unpaired) electrons. The van der Waals surface area contributed by atoms with E-state index in [1.165, 1.54) is 6.20 Å². The largest absolute Gasteiger partial charge is 0.404 e. The highest BCUT2D eigenvalue weighted by atomic mass is 16.5. The number of rotatable bonds is 10. The van der Waals surface area contributed by atoms with Crippen LogP contribution in [0.5, 0.6) is 0 Å². The number of aliphatic imine (C=N–C) groups is 1. The molecule has 0 aromatic carbocycles. The van der Waals surface area contributed by atoms with Crippen LogP contribution in [0, 0.1) is 0 Å². The summed E-state index contributed by atoms with van der Waals surface area (Å²) >= 11 is 0. The number of hydrogen-bond donors (Lipinski definition) is 2. The summed E-state index contributed by atoms with van der Waals surface area (Å²) < 4.78 is 5.87. The zero-order valence-corrected chi connectivity index (χ0v) is 20.8. The number of allylic oxidation sites excluding steroid dienone is 1. The molecule has 1 aliphatic heterocycles. The van der Waals surface area contributed by atoms with Crippen molar-refractivity contribution in [1.82, 2.24) is 25.1 Å². The van der Waals surface area contributed by atoms with E-state index < -0.39 is 0 Å². The third-order valence-electron chi connectivity index (χ3n) is 6.06. The van der Waals surface area contributed by atoms with E-state index in [0.29, 0.717) is 42.9 Å². The summed E-state index contributed by atoms with van der Waals surface area (Å²) in [6.07, 6.45) is 7.18. The lowest BCUT2D eigenvalue weighted by Crippen LogP contribution is -2.55. The first-order valence-corrected chi connectivity index (χ1v) is 12.1. The summed E-state index contributed by atoms with van der Waals surface area (Å²) in [5.74, 6) is 1.69. The van der Waals surface area contributed by atoms with Crippen molar-refractivity contribution in [3.05, 3.63) is 54.0 Å². The molecule has 0 atom stereocenters. The van der Waals surface area contributed by atoms with Gasteiger partial charge in [0.1, 0.15) is 5.82 Å². The van der Waals surface area contributed by atoms with Crippen LogP contribution in [-0.2, 0) is 4.74 Å². The van der Waals surface area contributed by atoms with Gasteiger partial charge in [0.15, 0.2) is 5.82 Å². The van der Waals surface area contributed by atoms with Gasteiger partial charge in [-0.1, -0.05) is 13.8 Å². The number of anilines is 2. The van der Waals surface area contributed by atoms with Gasteiger partial charge in [0.2, 0.25) is 0 Å². The molecule has 0 spiro atoms. The Kier molecular flexibility index (Phi) is 7.99. The molecular weight excluding hydrogens is 440 g/mol. The maximum Gasteiger partial charge on any atom is 0.154 e. The van der Waals surface area contributed by atoms with E-state index in [1.807, 2.05) is 24.3 Å². The molecule has 4 rings (SSSR count). The van der Waals surface area contributed by atoms with Crippen LogP contribution in [0.3, 0.4) is 0 Å². The third kappa shape index (κ3) is 6.37. The summed E-state index contributed by atoms with van der Waals surface area (Å²) in [7, 11) is 0. The Labute approximate surface area is 206 Å². The second kappa shape index (κ2) is 11.3. The number of nitrogens with one attached hydrogen (secondary N) is 1. The first-order chi connectivity index (χ1) is 16.9. The molecule has 9 nitrogen and oxygen atoms in total. The van der Waals surface area contributed by atoms with Gasteiger partial charge >= 0.3 is 0 Å². The van der Waals surface area contributed by atoms with Crippen molar-refractivity contribution >= 4 is 34.5 Å². The minimum atomic E-state index is 0.314. The number of hydrogen-bond acceptors (Lipinski definition) is 9. The molecular formula is C26H34N8O. The fraction of sp³-hybridized carbons (Fsp3) is 0.423. The van der Waals surface area contributed by atoms with Crippen molar-refractivity contribution < 1.29 is 4.74 Å². The topological polar surface area (TPSA) is 114 Å². The second-order valence-corrected chi connectivity index (χ2v) is 9.31. The first kappa shape index (κ1) is 24.7. The Morgan fingerprint density at radius 3 is 2.74 bits per heavy atom. The number of nitrogens with zero attached hydrogens (tertiary/aromatic N) is 6. The molecule has 1 saturated heterocycles. The van der Waals surface area contributed by atoms with Gasteiger partial charge in [-0.05, 0) is 49.6 Å². The van der Waals surface area contributed by atoms with Crippen LogP contribution in [0.1, 0.15) is 44.7 Å². The van der Waals surface area contributed by atoms with Crippen LogP contribution in [0.15, 0.2) is 47.9 Å². The van der Waals surface area contributed by atoms with Gasteiger partial charge in [0.05, 0.1) is 36.5 Å². The first-order valence-electron chi connectivity index (χ1n) is 12.1. The Balaban J connectivity index is 1.38. The maximum absolute atomic E-state index is 5.89. The number of aromatic nitrogens is 4. The highest BCUT2D eigenvalue weighted by Gasteiger charge is 2.28. The second-order valence-electron chi connectivity index (χ2n) is 9.31. The quantitative estimate of drug-likeness (QED) is 0.337. The minimum Gasteiger partial charge on any atom is -0.404 e. The molecule has 0 aliphatic carbocycles. The van der Waals surface area contributed by atoms with Gasteiger partial charge in [-0.3, -0.25) is 14.9 Å². The Morgan fingerprint density at radius 1 is 1.17 bits per heavy atom. The van der Waals surface area contributed by atoms with Crippen molar-refractivity contribution in [1.29, 1.82) is 0 Å². The van der Waals surface area contributed by atoms with E-state index in [0.717, 1.165) is 40.8 Å². The third-order valence-corrected chi connectivity index (χ3v) is 6.06. The van der Waals surface area contributed by atoms with E-state index in [-0.39, 0.29) is 0 Å². The molecule has 1 fully saturated rings. The Morgan fingerprint density at radius 2 is 2.00 bits per heavy atom. The molecule has 0 amide bonds. The number of nitrogens with two attached hydrogens (primary N) is 1. The zero-order valence-electron chi connectivity index (χ0n) is 20.8. The molecule has 35 heavy (non-hydrogen) atoms. The molecule has 9 heteroatoms. The lowest BCUT2D eigenvalue weighted by Gasteiger charge is -2.41. The molecule has 184 valence electrons. The van der Waals surface area contributed by atoms with Crippen molar-refractivity contribution in [3.63, 3.8) is 0 Å². The van der Waals surface area contributed by atoms with E-state index >= 15 is 0 Å². The van der Waals surface area contributed by atoms with Gasteiger partial charge in [-0.15, -0.1) is 5.10 Å². The molecule has 3 aromatic heterocycles. The fourth-order valence-electron chi connectivity index (χ4n) is 3.77. The van der Waals surface area contributed by atoms with Gasteiger partial charge in [-0.25, -0.2) is 4.98 Å². The number of pyridine rings is 2. The molecule has 1 aliphatic rings. The van der Waals surface area contributed by atoms with E-state index in [9.17, 15) is 0 Å². The standard InChI is InChI=1S/C26H34N8O/c1-17(2)19-10-26(33-30-14-19)32-25-6-5-23-24(31-25)9-20(13-29-23)21(11-27)12-28-7-8-35-22-15-34(16-22)18(3)4/h5-6,9-14,17-18,22H,7-8,15-16,27H2,1-4H3,(H,31,32,33). The smallest absolute Gasteiger partial charge is 0.154 e. The molecule has 0 bridgehead atoms. The summed E-state index contributed by atoms with van der Waals surface area (Å²) in [6, 6.07) is 8.32. The normalized spacial score (nSPS) is 15.4. The van der Waals surface area contributed by atoms with Gasteiger partial charge in [0.25, 0.3) is 0 Å². The van der Waals surface area contributed by atoms with Crippen LogP contribution >= 0.6 is 0 Å². The fourth-order valence-corrected chi connectivity index (χ4v) is 3.77. The predicted octanol–water partition coefficient (Wildman–Crippen LogP) is 3.77. The van der Waals surface area contributed by atoms with Crippen molar-refractivity contribution in [2.45, 2.75) is 45.8 Å². The number of likely N-dealkylation sites (tertiary alicyclic amines) is 1. The number of fused-ring (bicyclic) bond motifs is 1. The Bertz CT molecular complexity index is 1200. The van der Waals surface area contributed by atoms with Gasteiger partial charge in [-0.2, -0.15) is 5.10 Å². The van der Waals surface area contributed by atoms with Crippen molar-refractivity contribution in [3.8, 4) is 0 Å². The van der Waals surface area contributed by atoms with Crippen molar-refractivity contribution in [2.75, 3.05) is 31.6 Å². The highest BCUT2D eigenvalue weighted by molar-refractivity contribution is 6.10. The van der Waals surface area contributed by atoms with Crippen LogP contribution in [-0.4, -0.2) is 69.7 Å². The zero-order chi connectivity index (χ0) is 24.8. The SMILES string of the molecule is CC(C)c1cnnc(Nc2ccc3ncc(C(C=NCCOC4CN(C(C)C)C4)=CN)cc3n2)c1. The van der Waals surface area contributed by atoms with E-state index in [4.69, 9.17) is 15.5 Å². The molecule has 3 N–H and O–H groups in total. The van der Waals surface area contributed by atoms with E-state index in [1.54, 1.807) is 18.6 Å². The minimum absolute atomic E-state index is 0.314. The maximum atomic E-state index is 5.89. The molecule has 0 saturated carbocycles. The van der Waals surface area contributed by atoms with Crippen LogP contribution < -0.4 is 11.1 Å². The monoisotopic (exact) mass is 474 g/mol. The van der Waals surface area contributed by atoms with E-state index in [2.05, 4.69) is 58.1 Å². The van der Waals surface area contributed by atoms with Crippen molar-refractivity contribution in [2.24, 2.45) is 10.7 Å². The van der Waals surface area contributed by atoms with Gasteiger partial charge < -0.3 is 15.8 Å².